The number of rotatable bonds is 0. The van der Waals surface area contributed by atoms with E-state index in [0.29, 0.717) is 0 Å². The Hall–Kier alpha value is -9.68. The van der Waals surface area contributed by atoms with Gasteiger partial charge in [-0.05, 0) is 373 Å². The predicted molar refractivity (Wildman–Crippen MR) is 526 cm³/mol. The fourth-order valence-corrected chi connectivity index (χ4v) is 17.7. The summed E-state index contributed by atoms with van der Waals surface area (Å²) < 4.78 is 0. The van der Waals surface area contributed by atoms with Gasteiger partial charge in [0.1, 0.15) is 0 Å². The molecule has 12 aromatic carbocycles. The van der Waals surface area contributed by atoms with Gasteiger partial charge in [-0.2, -0.15) is 0 Å². The third kappa shape index (κ3) is 21.2. The van der Waals surface area contributed by atoms with Gasteiger partial charge in [0.15, 0.2) is 0 Å². The molecule has 8 nitrogen and oxygen atoms in total. The average Bonchev–Trinajstić information content (AvgIpc) is 1.57. The third-order valence-electron chi connectivity index (χ3n) is 22.1. The largest absolute Gasteiger partial charge is 0.312 e. The SMILES string of the molecule is CC1(C)c2ccccc2-c2c1ccc1c2-c2ccccc2C1.CC1(C)c2ccccc2-c2c1ccc1c2-c2ccccc2C1.CC1(C)c2ccccc2-c2c1ccc1c2Cc2ccccc2-1.CC1(C)c2ccccc2-c2c1ccc1c2Cc2ccccc2-1.CN(C)C.CN(C)C.CN(C)C.CN(C)C.CN(C)C.CN(C)C.CN(C)C.CN(C)C. The lowest BCUT2D eigenvalue weighted by Crippen LogP contribution is -2.14. The van der Waals surface area contributed by atoms with E-state index in [9.17, 15) is 0 Å². The van der Waals surface area contributed by atoms with Gasteiger partial charge in [-0.1, -0.05) is 298 Å². The molecule has 0 bridgehead atoms. The predicted octanol–water partition coefficient (Wildman–Crippen LogP) is 23.7. The Morgan fingerprint density at radius 1 is 0.150 bits per heavy atom. The minimum absolute atomic E-state index is 0.0957. The maximum atomic E-state index is 2.36. The first kappa shape index (κ1) is 94.2. The van der Waals surface area contributed by atoms with Crippen molar-refractivity contribution in [1.29, 1.82) is 0 Å². The summed E-state index contributed by atoms with van der Waals surface area (Å²) >= 11 is 0. The summed E-state index contributed by atoms with van der Waals surface area (Å²) in [6, 6.07) is 90.0. The summed E-state index contributed by atoms with van der Waals surface area (Å²) in [5, 5.41) is 0. The highest BCUT2D eigenvalue weighted by Crippen LogP contribution is 2.59. The van der Waals surface area contributed by atoms with E-state index < -0.39 is 0 Å². The van der Waals surface area contributed by atoms with Crippen molar-refractivity contribution in [3.05, 3.63) is 332 Å². The molecule has 0 radical (unpaired) electrons. The summed E-state index contributed by atoms with van der Waals surface area (Å²) in [7, 11) is 48.0. The van der Waals surface area contributed by atoms with Crippen LogP contribution in [0.25, 0.3) is 89.0 Å². The van der Waals surface area contributed by atoms with Crippen LogP contribution in [-0.4, -0.2) is 208 Å². The molecule has 0 aromatic heterocycles. The van der Waals surface area contributed by atoms with Crippen LogP contribution in [0.5, 0.6) is 0 Å². The number of hydrogen-bond acceptors (Lipinski definition) is 8. The van der Waals surface area contributed by atoms with Crippen LogP contribution in [-0.2, 0) is 47.3 Å². The first-order chi connectivity index (χ1) is 56.6. The Labute approximate surface area is 727 Å². The van der Waals surface area contributed by atoms with Gasteiger partial charge < -0.3 is 39.2 Å². The van der Waals surface area contributed by atoms with E-state index in [0.717, 1.165) is 25.7 Å². The summed E-state index contributed by atoms with van der Waals surface area (Å²) in [5.41, 5.74) is 47.2. The molecule has 120 heavy (non-hydrogen) atoms. The monoisotopic (exact) mass is 1600 g/mol. The number of hydrogen-bond donors (Lipinski definition) is 0. The van der Waals surface area contributed by atoms with Crippen LogP contribution >= 0.6 is 0 Å². The zero-order valence-electron chi connectivity index (χ0n) is 79.5. The molecule has 632 valence electrons. The van der Waals surface area contributed by atoms with Crippen molar-refractivity contribution in [2.75, 3.05) is 169 Å². The molecule has 0 aliphatic heterocycles. The zero-order valence-corrected chi connectivity index (χ0v) is 79.5. The highest BCUT2D eigenvalue weighted by atomic mass is 15.0. The van der Waals surface area contributed by atoms with Crippen molar-refractivity contribution < 1.29 is 0 Å². The summed E-state index contributed by atoms with van der Waals surface area (Å²) in [4.78, 5) is 16.0. The summed E-state index contributed by atoms with van der Waals surface area (Å²) in [6.07, 6.45) is 4.28. The lowest BCUT2D eigenvalue weighted by Gasteiger charge is -2.21. The molecule has 0 saturated heterocycles. The van der Waals surface area contributed by atoms with E-state index in [-0.39, 0.29) is 21.7 Å². The first-order valence-electron chi connectivity index (χ1n) is 42.8. The number of nitrogens with zero attached hydrogens (tertiary/aromatic N) is 8. The Morgan fingerprint density at radius 3 is 0.583 bits per heavy atom. The van der Waals surface area contributed by atoms with Gasteiger partial charge in [-0.3, -0.25) is 0 Å². The maximum absolute atomic E-state index is 2.36. The summed E-state index contributed by atoms with van der Waals surface area (Å²) in [6.45, 7) is 18.8. The van der Waals surface area contributed by atoms with Crippen LogP contribution < -0.4 is 0 Å². The van der Waals surface area contributed by atoms with Crippen LogP contribution in [0.3, 0.4) is 0 Å². The smallest absolute Gasteiger partial charge is 0.0159 e. The molecule has 0 unspecified atom stereocenters. The molecular formula is C112H144N8. The van der Waals surface area contributed by atoms with E-state index >= 15 is 0 Å². The quantitative estimate of drug-likeness (QED) is 0.148. The fourth-order valence-electron chi connectivity index (χ4n) is 17.7. The third-order valence-corrected chi connectivity index (χ3v) is 22.1. The maximum Gasteiger partial charge on any atom is 0.0159 e. The van der Waals surface area contributed by atoms with E-state index in [1.54, 1.807) is 0 Å². The second-order valence-electron chi connectivity index (χ2n) is 38.8. The van der Waals surface area contributed by atoms with Crippen molar-refractivity contribution in [2.45, 2.75) is 103 Å². The highest BCUT2D eigenvalue weighted by molar-refractivity contribution is 5.99. The van der Waals surface area contributed by atoms with Gasteiger partial charge >= 0.3 is 0 Å². The van der Waals surface area contributed by atoms with Crippen molar-refractivity contribution in [2.24, 2.45) is 0 Å². The molecule has 0 heterocycles. The lowest BCUT2D eigenvalue weighted by molar-refractivity contribution is 0.505. The van der Waals surface area contributed by atoms with Crippen molar-refractivity contribution >= 4 is 0 Å². The molecule has 0 amide bonds. The molecule has 8 heteroatoms. The van der Waals surface area contributed by atoms with Gasteiger partial charge in [0.25, 0.3) is 0 Å². The van der Waals surface area contributed by atoms with Crippen molar-refractivity contribution in [3.63, 3.8) is 0 Å². The molecule has 0 saturated carbocycles. The Bertz CT molecular complexity index is 5060. The number of fused-ring (bicyclic) bond motifs is 28. The van der Waals surface area contributed by atoms with Gasteiger partial charge in [-0.25, -0.2) is 0 Å². The Balaban J connectivity index is 0.000000162. The van der Waals surface area contributed by atoms with E-state index in [1.165, 1.54) is 178 Å². The average molecular weight is 1600 g/mol. The van der Waals surface area contributed by atoms with Crippen molar-refractivity contribution in [1.82, 2.24) is 39.2 Å². The molecule has 8 aliphatic rings. The molecule has 0 atom stereocenters. The van der Waals surface area contributed by atoms with Crippen LogP contribution in [0.2, 0.25) is 0 Å². The number of benzene rings is 12. The Morgan fingerprint density at radius 2 is 0.333 bits per heavy atom. The first-order valence-corrected chi connectivity index (χ1v) is 42.8. The molecule has 12 aromatic rings. The van der Waals surface area contributed by atoms with Crippen LogP contribution in [0.4, 0.5) is 0 Å². The van der Waals surface area contributed by atoms with Gasteiger partial charge in [0.2, 0.25) is 0 Å². The van der Waals surface area contributed by atoms with E-state index in [1.807, 2.05) is 208 Å². The Kier molecular flexibility index (Phi) is 31.7. The van der Waals surface area contributed by atoms with Gasteiger partial charge in [0, 0.05) is 21.7 Å². The van der Waals surface area contributed by atoms with E-state index in [2.05, 4.69) is 298 Å². The van der Waals surface area contributed by atoms with Crippen LogP contribution in [0.15, 0.2) is 243 Å². The topological polar surface area (TPSA) is 25.9 Å². The van der Waals surface area contributed by atoms with Crippen LogP contribution in [0, 0.1) is 0 Å². The molecular weight excluding hydrogens is 1460 g/mol. The molecule has 0 N–H and O–H groups in total. The lowest BCUT2D eigenvalue weighted by atomic mass is 9.82. The summed E-state index contributed by atoms with van der Waals surface area (Å²) in [5.74, 6) is 0. The fraction of sp³-hybridized carbons (Fsp3) is 0.357. The normalized spacial score (nSPS) is 14.1. The standard InChI is InChI=1S/4C22H18.8C3H9N/c2*1-22(2)18-10-6-5-9-17(18)21-19(22)12-11-15-13-14-7-3-4-8-16(14)20(15)21;2*1-22(2)19-10-6-5-9-17(19)21-18-13-14-7-3-4-8-15(14)16(18)11-12-20(21)22;8*1-4(2)3/h4*3-12H,13H2,1-2H3;8*1-3H3. The minimum atomic E-state index is 0.0957. The van der Waals surface area contributed by atoms with Crippen molar-refractivity contribution in [3.8, 4) is 89.0 Å². The minimum Gasteiger partial charge on any atom is -0.312 e. The second-order valence-corrected chi connectivity index (χ2v) is 38.8. The van der Waals surface area contributed by atoms with Gasteiger partial charge in [-0.15, -0.1) is 0 Å². The van der Waals surface area contributed by atoms with E-state index in [4.69, 9.17) is 0 Å². The molecule has 0 fully saturated rings. The molecule has 0 spiro atoms. The molecule has 8 aliphatic carbocycles. The van der Waals surface area contributed by atoms with Crippen LogP contribution in [0.1, 0.15) is 144 Å². The second kappa shape index (κ2) is 40.3. The molecule has 20 rings (SSSR count). The van der Waals surface area contributed by atoms with Gasteiger partial charge in [0.05, 0.1) is 0 Å². The highest BCUT2D eigenvalue weighted by Gasteiger charge is 2.43. The zero-order chi connectivity index (χ0) is 88.2.